The molecule has 0 aromatic carbocycles. The lowest BCUT2D eigenvalue weighted by molar-refractivity contribution is 0.00748. The fourth-order valence-corrected chi connectivity index (χ4v) is 2.17. The van der Waals surface area contributed by atoms with Crippen LogP contribution in [0.5, 0.6) is 0 Å². The van der Waals surface area contributed by atoms with Gasteiger partial charge in [-0.05, 0) is 13.5 Å². The number of ether oxygens (including phenoxy) is 1. The molecular formula is C13H24N4O2. The van der Waals surface area contributed by atoms with Crippen LogP contribution in [0, 0.1) is 0 Å². The van der Waals surface area contributed by atoms with E-state index in [1.807, 2.05) is 7.05 Å². The van der Waals surface area contributed by atoms with Crippen LogP contribution in [0.25, 0.3) is 0 Å². The third-order valence-electron chi connectivity index (χ3n) is 3.19. The van der Waals surface area contributed by atoms with Crippen molar-refractivity contribution in [2.75, 3.05) is 33.3 Å². The summed E-state index contributed by atoms with van der Waals surface area (Å²) in [7, 11) is 2.05. The predicted octanol–water partition coefficient (Wildman–Crippen LogP) is 0.832. The summed E-state index contributed by atoms with van der Waals surface area (Å²) in [5, 5.41) is 7.33. The number of unbranched alkanes of at least 4 members (excludes halogenated alkanes) is 1. The Hall–Kier alpha value is -0.980. The minimum Gasteiger partial charge on any atom is -0.374 e. The minimum absolute atomic E-state index is 0.251. The van der Waals surface area contributed by atoms with E-state index in [2.05, 4.69) is 27.3 Å². The molecule has 0 amide bonds. The molecule has 0 radical (unpaired) electrons. The highest BCUT2D eigenvalue weighted by molar-refractivity contribution is 4.86. The van der Waals surface area contributed by atoms with Crippen LogP contribution in [-0.4, -0.2) is 54.4 Å². The van der Waals surface area contributed by atoms with Gasteiger partial charge in [0.15, 0.2) is 5.82 Å². The summed E-state index contributed by atoms with van der Waals surface area (Å²) in [6.45, 7) is 6.37. The standard InChI is InChI=1S/C13H24N4O2/c1-3-4-5-12-15-13(19-16-12)10-17(2)9-11-8-14-6-7-18-11/h11,14H,3-10H2,1-2H3. The fourth-order valence-electron chi connectivity index (χ4n) is 2.17. The first-order valence-corrected chi connectivity index (χ1v) is 7.10. The van der Waals surface area contributed by atoms with Gasteiger partial charge >= 0.3 is 0 Å². The first-order valence-electron chi connectivity index (χ1n) is 7.10. The molecule has 1 aliphatic heterocycles. The second-order valence-corrected chi connectivity index (χ2v) is 5.10. The van der Waals surface area contributed by atoms with Crippen LogP contribution in [0.15, 0.2) is 4.52 Å². The Kier molecular flexibility index (Phi) is 5.75. The highest BCUT2D eigenvalue weighted by atomic mass is 16.5. The summed E-state index contributed by atoms with van der Waals surface area (Å²) in [5.74, 6) is 1.51. The zero-order valence-corrected chi connectivity index (χ0v) is 11.9. The number of likely N-dealkylation sites (N-methyl/N-ethyl adjacent to an activating group) is 1. The van der Waals surface area contributed by atoms with Crippen molar-refractivity contribution in [2.24, 2.45) is 0 Å². The number of hydrogen-bond acceptors (Lipinski definition) is 6. The van der Waals surface area contributed by atoms with Crippen molar-refractivity contribution >= 4 is 0 Å². The summed E-state index contributed by atoms with van der Waals surface area (Å²) in [4.78, 5) is 6.57. The Morgan fingerprint density at radius 1 is 1.47 bits per heavy atom. The van der Waals surface area contributed by atoms with Crippen LogP contribution >= 0.6 is 0 Å². The highest BCUT2D eigenvalue weighted by Gasteiger charge is 2.17. The molecule has 108 valence electrons. The lowest BCUT2D eigenvalue weighted by atomic mass is 10.2. The van der Waals surface area contributed by atoms with Crippen molar-refractivity contribution in [3.8, 4) is 0 Å². The van der Waals surface area contributed by atoms with E-state index in [1.165, 1.54) is 0 Å². The fraction of sp³-hybridized carbons (Fsp3) is 0.846. The number of morpholine rings is 1. The number of rotatable bonds is 7. The molecule has 19 heavy (non-hydrogen) atoms. The minimum atomic E-state index is 0.251. The predicted molar refractivity (Wildman–Crippen MR) is 71.9 cm³/mol. The Morgan fingerprint density at radius 2 is 2.37 bits per heavy atom. The third kappa shape index (κ3) is 4.89. The summed E-state index contributed by atoms with van der Waals surface area (Å²) >= 11 is 0. The van der Waals surface area contributed by atoms with E-state index in [1.54, 1.807) is 0 Å². The number of aryl methyl sites for hydroxylation is 1. The van der Waals surface area contributed by atoms with Crippen molar-refractivity contribution in [1.29, 1.82) is 0 Å². The molecule has 2 rings (SSSR count). The first kappa shape index (κ1) is 14.4. The van der Waals surface area contributed by atoms with Crippen molar-refractivity contribution in [2.45, 2.75) is 38.8 Å². The molecule has 1 saturated heterocycles. The molecule has 0 saturated carbocycles. The highest BCUT2D eigenvalue weighted by Crippen LogP contribution is 2.06. The Balaban J connectivity index is 1.74. The van der Waals surface area contributed by atoms with Crippen LogP contribution in [0.4, 0.5) is 0 Å². The molecule has 2 heterocycles. The molecule has 0 spiro atoms. The SMILES string of the molecule is CCCCc1noc(CN(C)CC2CNCCO2)n1. The van der Waals surface area contributed by atoms with Crippen LogP contribution < -0.4 is 5.32 Å². The maximum absolute atomic E-state index is 5.67. The molecule has 1 atom stereocenters. The van der Waals surface area contributed by atoms with Gasteiger partial charge in [-0.1, -0.05) is 18.5 Å². The lowest BCUT2D eigenvalue weighted by Crippen LogP contribution is -2.44. The van der Waals surface area contributed by atoms with Gasteiger partial charge in [-0.2, -0.15) is 4.98 Å². The van der Waals surface area contributed by atoms with E-state index in [0.29, 0.717) is 12.4 Å². The topological polar surface area (TPSA) is 63.4 Å². The average Bonchev–Trinajstić information content (AvgIpc) is 2.85. The van der Waals surface area contributed by atoms with Crippen molar-refractivity contribution < 1.29 is 9.26 Å². The Bertz CT molecular complexity index is 363. The van der Waals surface area contributed by atoms with Gasteiger partial charge in [0.1, 0.15) is 0 Å². The molecule has 1 N–H and O–H groups in total. The molecule has 1 aliphatic rings. The zero-order chi connectivity index (χ0) is 13.5. The van der Waals surface area contributed by atoms with Crippen molar-refractivity contribution in [3.05, 3.63) is 11.7 Å². The van der Waals surface area contributed by atoms with E-state index in [-0.39, 0.29) is 6.10 Å². The van der Waals surface area contributed by atoms with E-state index in [9.17, 15) is 0 Å². The molecule has 1 fully saturated rings. The second-order valence-electron chi connectivity index (χ2n) is 5.10. The van der Waals surface area contributed by atoms with Gasteiger partial charge in [0.25, 0.3) is 0 Å². The summed E-state index contributed by atoms with van der Waals surface area (Å²) in [6, 6.07) is 0. The maximum Gasteiger partial charge on any atom is 0.240 e. The van der Waals surface area contributed by atoms with Gasteiger partial charge in [0.2, 0.25) is 5.89 Å². The molecule has 6 heteroatoms. The normalized spacial score (nSPS) is 20.1. The van der Waals surface area contributed by atoms with Gasteiger partial charge < -0.3 is 14.6 Å². The van der Waals surface area contributed by atoms with E-state index < -0.39 is 0 Å². The van der Waals surface area contributed by atoms with Gasteiger partial charge in [0, 0.05) is 26.1 Å². The van der Waals surface area contributed by atoms with Crippen LogP contribution in [0.2, 0.25) is 0 Å². The summed E-state index contributed by atoms with van der Waals surface area (Å²) in [6.07, 6.45) is 3.41. The van der Waals surface area contributed by atoms with E-state index >= 15 is 0 Å². The molecule has 1 unspecified atom stereocenters. The molecular weight excluding hydrogens is 244 g/mol. The smallest absolute Gasteiger partial charge is 0.240 e. The van der Waals surface area contributed by atoms with Gasteiger partial charge in [0.05, 0.1) is 19.3 Å². The molecule has 1 aromatic heterocycles. The monoisotopic (exact) mass is 268 g/mol. The number of aromatic nitrogens is 2. The molecule has 1 aromatic rings. The second kappa shape index (κ2) is 7.57. The molecule has 0 aliphatic carbocycles. The zero-order valence-electron chi connectivity index (χ0n) is 11.9. The maximum atomic E-state index is 5.67. The van der Waals surface area contributed by atoms with Gasteiger partial charge in [-0.3, -0.25) is 4.90 Å². The molecule has 0 bridgehead atoms. The largest absolute Gasteiger partial charge is 0.374 e. The number of hydrogen-bond donors (Lipinski definition) is 1. The Labute approximate surface area is 114 Å². The van der Waals surface area contributed by atoms with Crippen LogP contribution in [0.1, 0.15) is 31.5 Å². The Morgan fingerprint density at radius 3 is 3.11 bits per heavy atom. The van der Waals surface area contributed by atoms with Crippen LogP contribution in [-0.2, 0) is 17.7 Å². The number of nitrogens with one attached hydrogen (secondary N) is 1. The lowest BCUT2D eigenvalue weighted by Gasteiger charge is -2.27. The van der Waals surface area contributed by atoms with E-state index in [4.69, 9.17) is 9.26 Å². The summed E-state index contributed by atoms with van der Waals surface area (Å²) < 4.78 is 10.9. The van der Waals surface area contributed by atoms with Gasteiger partial charge in [-0.25, -0.2) is 0 Å². The van der Waals surface area contributed by atoms with E-state index in [0.717, 1.165) is 51.3 Å². The van der Waals surface area contributed by atoms with Crippen LogP contribution in [0.3, 0.4) is 0 Å². The van der Waals surface area contributed by atoms with Gasteiger partial charge in [-0.15, -0.1) is 0 Å². The number of nitrogens with zero attached hydrogens (tertiary/aromatic N) is 3. The third-order valence-corrected chi connectivity index (χ3v) is 3.19. The average molecular weight is 268 g/mol. The first-order chi connectivity index (χ1) is 9.28. The summed E-state index contributed by atoms with van der Waals surface area (Å²) in [5.41, 5.74) is 0. The van der Waals surface area contributed by atoms with Crippen molar-refractivity contribution in [3.63, 3.8) is 0 Å². The van der Waals surface area contributed by atoms with Crippen molar-refractivity contribution in [1.82, 2.24) is 20.4 Å². The molecule has 6 nitrogen and oxygen atoms in total. The quantitative estimate of drug-likeness (QED) is 0.790.